The number of methoxy groups -OCH3 is 1. The van der Waals surface area contributed by atoms with E-state index in [2.05, 4.69) is 0 Å². The van der Waals surface area contributed by atoms with Gasteiger partial charge in [0.25, 0.3) is 5.91 Å². The summed E-state index contributed by atoms with van der Waals surface area (Å²) in [6.45, 7) is 3.09. The molecule has 0 saturated carbocycles. The van der Waals surface area contributed by atoms with Crippen molar-refractivity contribution in [1.29, 1.82) is 0 Å². The molecular weight excluding hydrogens is 290 g/mol. The van der Waals surface area contributed by atoms with Gasteiger partial charge in [-0.3, -0.25) is 4.79 Å². The van der Waals surface area contributed by atoms with E-state index in [0.717, 1.165) is 17.7 Å². The summed E-state index contributed by atoms with van der Waals surface area (Å²) in [6.07, 6.45) is 0.723. The number of hydrogen-bond donors (Lipinski definition) is 1. The third-order valence-corrected chi connectivity index (χ3v) is 4.31. The minimum atomic E-state index is -1.61. The molecule has 4 heteroatoms. The first-order valence-corrected chi connectivity index (χ1v) is 7.79. The molecular formula is C19H21NO3. The fourth-order valence-corrected chi connectivity index (χ4v) is 3.14. The molecule has 2 aromatic carbocycles. The number of aryl methyl sites for hydroxylation is 1. The normalized spacial score (nSPS) is 20.0. The van der Waals surface area contributed by atoms with Crippen LogP contribution in [0, 0.1) is 6.92 Å². The van der Waals surface area contributed by atoms with Gasteiger partial charge in [0.15, 0.2) is 5.60 Å². The van der Waals surface area contributed by atoms with E-state index < -0.39 is 5.60 Å². The Morgan fingerprint density at radius 2 is 1.91 bits per heavy atom. The van der Waals surface area contributed by atoms with Crippen molar-refractivity contribution in [1.82, 2.24) is 0 Å². The molecule has 3 rings (SSSR count). The van der Waals surface area contributed by atoms with Crippen LogP contribution in [0.2, 0.25) is 0 Å². The maximum absolute atomic E-state index is 13.0. The number of anilines is 1. The van der Waals surface area contributed by atoms with Crippen molar-refractivity contribution in [2.45, 2.75) is 18.9 Å². The second kappa shape index (κ2) is 6.14. The molecule has 1 N–H and O–H groups in total. The van der Waals surface area contributed by atoms with Crippen LogP contribution in [0.3, 0.4) is 0 Å². The highest BCUT2D eigenvalue weighted by Gasteiger charge is 2.50. The molecule has 0 saturated heterocycles. The molecule has 1 aliphatic rings. The molecule has 1 heterocycles. The molecule has 1 amide bonds. The van der Waals surface area contributed by atoms with E-state index in [-0.39, 0.29) is 5.91 Å². The molecule has 120 valence electrons. The molecule has 1 atom stereocenters. The van der Waals surface area contributed by atoms with Crippen molar-refractivity contribution in [3.63, 3.8) is 0 Å². The highest BCUT2D eigenvalue weighted by atomic mass is 16.5. The van der Waals surface area contributed by atoms with Crippen molar-refractivity contribution in [2.75, 3.05) is 25.2 Å². The predicted molar refractivity (Wildman–Crippen MR) is 89.5 cm³/mol. The zero-order valence-electron chi connectivity index (χ0n) is 13.5. The van der Waals surface area contributed by atoms with E-state index in [1.165, 1.54) is 0 Å². The number of fused-ring (bicyclic) bond motifs is 1. The first-order chi connectivity index (χ1) is 11.1. The Balaban J connectivity index is 2.08. The standard InChI is InChI=1S/C19H21NO3/c1-14-9-10-16-17(13-14)20(11-6-12-23-2)18(21)19(16,22)15-7-4-3-5-8-15/h3-5,7-10,13,22H,6,11-12H2,1-2H3. The van der Waals surface area contributed by atoms with Gasteiger partial charge < -0.3 is 14.7 Å². The molecule has 23 heavy (non-hydrogen) atoms. The van der Waals surface area contributed by atoms with Gasteiger partial charge in [-0.05, 0) is 30.5 Å². The minimum absolute atomic E-state index is 0.291. The molecule has 2 aromatic rings. The van der Waals surface area contributed by atoms with Crippen molar-refractivity contribution in [3.8, 4) is 0 Å². The third kappa shape index (κ3) is 2.54. The van der Waals surface area contributed by atoms with Gasteiger partial charge in [0.1, 0.15) is 0 Å². The van der Waals surface area contributed by atoms with Crippen molar-refractivity contribution < 1.29 is 14.6 Å². The molecule has 0 aromatic heterocycles. The molecule has 1 aliphatic heterocycles. The Bertz CT molecular complexity index is 714. The van der Waals surface area contributed by atoms with Crippen LogP contribution in [0.25, 0.3) is 0 Å². The van der Waals surface area contributed by atoms with Gasteiger partial charge in [-0.1, -0.05) is 42.5 Å². The minimum Gasteiger partial charge on any atom is -0.385 e. The Morgan fingerprint density at radius 1 is 1.17 bits per heavy atom. The summed E-state index contributed by atoms with van der Waals surface area (Å²) >= 11 is 0. The number of nitrogens with zero attached hydrogens (tertiary/aromatic N) is 1. The third-order valence-electron chi connectivity index (χ3n) is 4.31. The lowest BCUT2D eigenvalue weighted by Crippen LogP contribution is -2.41. The average Bonchev–Trinajstić information content (AvgIpc) is 2.78. The zero-order valence-corrected chi connectivity index (χ0v) is 13.5. The lowest BCUT2D eigenvalue weighted by molar-refractivity contribution is -0.132. The van der Waals surface area contributed by atoms with Crippen LogP contribution >= 0.6 is 0 Å². The van der Waals surface area contributed by atoms with Gasteiger partial charge in [-0.2, -0.15) is 0 Å². The molecule has 4 nitrogen and oxygen atoms in total. The van der Waals surface area contributed by atoms with Crippen LogP contribution < -0.4 is 4.90 Å². The SMILES string of the molecule is COCCCN1C(=O)C(O)(c2ccccc2)c2ccc(C)cc21. The van der Waals surface area contributed by atoms with Gasteiger partial charge in [0.05, 0.1) is 5.69 Å². The molecule has 0 bridgehead atoms. The molecule has 0 aliphatic carbocycles. The number of ether oxygens (including phenoxy) is 1. The topological polar surface area (TPSA) is 49.8 Å². The maximum atomic E-state index is 13.0. The molecule has 0 spiro atoms. The van der Waals surface area contributed by atoms with Crippen LogP contribution in [0.4, 0.5) is 5.69 Å². The summed E-state index contributed by atoms with van der Waals surface area (Å²) in [5.41, 5.74) is 1.49. The van der Waals surface area contributed by atoms with Gasteiger partial charge in [0.2, 0.25) is 0 Å². The van der Waals surface area contributed by atoms with Crippen LogP contribution in [-0.2, 0) is 15.1 Å². The van der Waals surface area contributed by atoms with Crippen LogP contribution in [-0.4, -0.2) is 31.3 Å². The number of carbonyl (C=O) groups is 1. The maximum Gasteiger partial charge on any atom is 0.268 e. The molecule has 0 radical (unpaired) electrons. The number of rotatable bonds is 5. The predicted octanol–water partition coefficient (Wildman–Crippen LogP) is 2.61. The molecule has 1 unspecified atom stereocenters. The summed E-state index contributed by atoms with van der Waals surface area (Å²) in [4.78, 5) is 14.7. The quantitative estimate of drug-likeness (QED) is 0.864. The highest BCUT2D eigenvalue weighted by Crippen LogP contribution is 2.44. The van der Waals surface area contributed by atoms with Crippen molar-refractivity contribution in [2.24, 2.45) is 0 Å². The van der Waals surface area contributed by atoms with E-state index in [1.807, 2.05) is 43.3 Å². The van der Waals surface area contributed by atoms with Gasteiger partial charge >= 0.3 is 0 Å². The fraction of sp³-hybridized carbons (Fsp3) is 0.316. The zero-order chi connectivity index (χ0) is 16.4. The number of amides is 1. The van der Waals surface area contributed by atoms with Crippen LogP contribution in [0.15, 0.2) is 48.5 Å². The van der Waals surface area contributed by atoms with E-state index in [1.54, 1.807) is 24.1 Å². The summed E-state index contributed by atoms with van der Waals surface area (Å²) in [5.74, 6) is -0.291. The van der Waals surface area contributed by atoms with Crippen LogP contribution in [0.5, 0.6) is 0 Å². The van der Waals surface area contributed by atoms with Gasteiger partial charge in [-0.15, -0.1) is 0 Å². The lowest BCUT2D eigenvalue weighted by atomic mass is 9.87. The highest BCUT2D eigenvalue weighted by molar-refractivity contribution is 6.09. The van der Waals surface area contributed by atoms with Crippen molar-refractivity contribution >= 4 is 11.6 Å². The number of hydrogen-bond acceptors (Lipinski definition) is 3. The lowest BCUT2D eigenvalue weighted by Gasteiger charge is -2.23. The first kappa shape index (κ1) is 15.7. The summed E-state index contributed by atoms with van der Waals surface area (Å²) in [7, 11) is 1.64. The van der Waals surface area contributed by atoms with Crippen molar-refractivity contribution in [3.05, 3.63) is 65.2 Å². The number of aliphatic hydroxyl groups is 1. The second-order valence-electron chi connectivity index (χ2n) is 5.90. The Kier molecular flexibility index (Phi) is 4.20. The summed E-state index contributed by atoms with van der Waals surface area (Å²) in [6, 6.07) is 14.9. The van der Waals surface area contributed by atoms with E-state index in [9.17, 15) is 9.90 Å². The smallest absolute Gasteiger partial charge is 0.268 e. The van der Waals surface area contributed by atoms with Gasteiger partial charge in [0, 0.05) is 25.8 Å². The Labute approximate surface area is 136 Å². The number of carbonyl (C=O) groups excluding carboxylic acids is 1. The summed E-state index contributed by atoms with van der Waals surface area (Å²) < 4.78 is 5.08. The molecule has 0 fully saturated rings. The summed E-state index contributed by atoms with van der Waals surface area (Å²) in [5, 5.41) is 11.3. The Hall–Kier alpha value is -2.17. The largest absolute Gasteiger partial charge is 0.385 e. The Morgan fingerprint density at radius 3 is 2.61 bits per heavy atom. The fourth-order valence-electron chi connectivity index (χ4n) is 3.14. The second-order valence-corrected chi connectivity index (χ2v) is 5.90. The number of benzene rings is 2. The van der Waals surface area contributed by atoms with Crippen LogP contribution in [0.1, 0.15) is 23.1 Å². The average molecular weight is 311 g/mol. The first-order valence-electron chi connectivity index (χ1n) is 7.79. The van der Waals surface area contributed by atoms with E-state index >= 15 is 0 Å². The van der Waals surface area contributed by atoms with E-state index in [0.29, 0.717) is 24.3 Å². The van der Waals surface area contributed by atoms with Gasteiger partial charge in [-0.25, -0.2) is 0 Å². The van der Waals surface area contributed by atoms with E-state index in [4.69, 9.17) is 4.74 Å². The monoisotopic (exact) mass is 311 g/mol.